The normalized spacial score (nSPS) is 16.1. The summed E-state index contributed by atoms with van der Waals surface area (Å²) >= 11 is 11.7. The molecular weight excluding hydrogens is 321 g/mol. The summed E-state index contributed by atoms with van der Waals surface area (Å²) in [6.45, 7) is 1.26. The molecule has 20 heavy (non-hydrogen) atoms. The number of aromatic nitrogens is 2. The Bertz CT molecular complexity index is 758. The van der Waals surface area contributed by atoms with E-state index in [-0.39, 0.29) is 16.5 Å². The van der Waals surface area contributed by atoms with Crippen LogP contribution in [0.5, 0.6) is 0 Å². The average Bonchev–Trinajstić information content (AvgIpc) is 2.89. The van der Waals surface area contributed by atoms with Crippen LogP contribution in [-0.4, -0.2) is 28.8 Å². The highest BCUT2D eigenvalue weighted by Crippen LogP contribution is 2.27. The van der Waals surface area contributed by atoms with Gasteiger partial charge >= 0.3 is 0 Å². The van der Waals surface area contributed by atoms with E-state index in [1.807, 2.05) is 10.8 Å². The molecule has 3 rings (SSSR count). The minimum absolute atomic E-state index is 0.145. The number of nitrogens with zero attached hydrogens (tertiary/aromatic N) is 3. The molecule has 0 atom stereocenters. The van der Waals surface area contributed by atoms with Crippen molar-refractivity contribution >= 4 is 33.2 Å². The van der Waals surface area contributed by atoms with E-state index >= 15 is 0 Å². The number of sulfonamides is 1. The molecule has 0 N–H and O–H groups in total. The van der Waals surface area contributed by atoms with Crippen molar-refractivity contribution in [1.29, 1.82) is 0 Å². The molecular formula is C12H11Cl2N3O2S. The van der Waals surface area contributed by atoms with E-state index in [4.69, 9.17) is 23.2 Å². The van der Waals surface area contributed by atoms with Gasteiger partial charge in [0, 0.05) is 25.5 Å². The number of rotatable bonds is 2. The van der Waals surface area contributed by atoms with Gasteiger partial charge in [-0.3, -0.25) is 0 Å². The second kappa shape index (κ2) is 5.04. The highest BCUT2D eigenvalue weighted by Gasteiger charge is 2.29. The second-order valence-corrected chi connectivity index (χ2v) is 7.20. The predicted molar refractivity (Wildman–Crippen MR) is 76.3 cm³/mol. The summed E-state index contributed by atoms with van der Waals surface area (Å²) in [5, 5.41) is 0.561. The lowest BCUT2D eigenvalue weighted by Crippen LogP contribution is -2.38. The van der Waals surface area contributed by atoms with Gasteiger partial charge in [-0.05, 0) is 18.2 Å². The number of imidazole rings is 1. The molecule has 0 saturated carbocycles. The Balaban J connectivity index is 1.95. The maximum atomic E-state index is 12.6. The third kappa shape index (κ3) is 2.33. The van der Waals surface area contributed by atoms with Crippen LogP contribution in [0.3, 0.4) is 0 Å². The molecule has 0 bridgehead atoms. The zero-order valence-corrected chi connectivity index (χ0v) is 12.7. The zero-order valence-electron chi connectivity index (χ0n) is 10.3. The van der Waals surface area contributed by atoms with E-state index in [0.717, 1.165) is 5.82 Å². The van der Waals surface area contributed by atoms with E-state index < -0.39 is 10.0 Å². The third-order valence-corrected chi connectivity index (χ3v) is 5.82. The van der Waals surface area contributed by atoms with Gasteiger partial charge < -0.3 is 4.57 Å². The van der Waals surface area contributed by atoms with Gasteiger partial charge in [0.2, 0.25) is 10.0 Å². The molecule has 0 amide bonds. The first-order valence-electron chi connectivity index (χ1n) is 5.94. The van der Waals surface area contributed by atoms with Gasteiger partial charge in [0.05, 0.1) is 21.5 Å². The fraction of sp³-hybridized carbons (Fsp3) is 0.250. The molecule has 1 aromatic heterocycles. The van der Waals surface area contributed by atoms with Crippen molar-refractivity contribution in [3.63, 3.8) is 0 Å². The van der Waals surface area contributed by atoms with Gasteiger partial charge in [-0.2, -0.15) is 4.31 Å². The van der Waals surface area contributed by atoms with Crippen LogP contribution in [0.1, 0.15) is 5.82 Å². The Kier molecular flexibility index (Phi) is 3.50. The van der Waals surface area contributed by atoms with Crippen LogP contribution in [0.4, 0.5) is 0 Å². The van der Waals surface area contributed by atoms with E-state index in [2.05, 4.69) is 4.98 Å². The molecule has 2 heterocycles. The van der Waals surface area contributed by atoms with Crippen molar-refractivity contribution < 1.29 is 8.42 Å². The quantitative estimate of drug-likeness (QED) is 0.849. The standard InChI is InChI=1S/C12H11Cl2N3O2S/c13-10-2-1-9(7-11(10)14)20(18,19)17-6-5-16-4-3-15-12(16)8-17/h1-4,7H,5-6,8H2. The van der Waals surface area contributed by atoms with Gasteiger partial charge in [0.1, 0.15) is 5.82 Å². The summed E-state index contributed by atoms with van der Waals surface area (Å²) in [7, 11) is -3.58. The zero-order chi connectivity index (χ0) is 14.3. The Morgan fingerprint density at radius 1 is 1.15 bits per heavy atom. The SMILES string of the molecule is O=S(=O)(c1ccc(Cl)c(Cl)c1)N1CCn2ccnc2C1. The summed E-state index contributed by atoms with van der Waals surface area (Å²) < 4.78 is 28.5. The Hall–Kier alpha value is -1.08. The Morgan fingerprint density at radius 3 is 2.70 bits per heavy atom. The first-order chi connectivity index (χ1) is 9.48. The molecule has 2 aromatic rings. The van der Waals surface area contributed by atoms with Crippen LogP contribution < -0.4 is 0 Å². The van der Waals surface area contributed by atoms with Gasteiger partial charge in [0.15, 0.2) is 0 Å². The third-order valence-electron chi connectivity index (χ3n) is 3.24. The Morgan fingerprint density at radius 2 is 1.95 bits per heavy atom. The van der Waals surface area contributed by atoms with Crippen LogP contribution in [0.2, 0.25) is 10.0 Å². The monoisotopic (exact) mass is 331 g/mol. The van der Waals surface area contributed by atoms with E-state index in [1.165, 1.54) is 22.5 Å². The molecule has 0 radical (unpaired) electrons. The van der Waals surface area contributed by atoms with Gasteiger partial charge in [-0.1, -0.05) is 23.2 Å². The van der Waals surface area contributed by atoms with E-state index in [0.29, 0.717) is 18.1 Å². The van der Waals surface area contributed by atoms with Crippen molar-refractivity contribution in [2.24, 2.45) is 0 Å². The van der Waals surface area contributed by atoms with Crippen molar-refractivity contribution in [3.05, 3.63) is 46.5 Å². The molecule has 5 nitrogen and oxygen atoms in total. The molecule has 0 spiro atoms. The van der Waals surface area contributed by atoms with Gasteiger partial charge in [0.25, 0.3) is 0 Å². The van der Waals surface area contributed by atoms with Crippen molar-refractivity contribution in [1.82, 2.24) is 13.9 Å². The molecule has 0 saturated heterocycles. The lowest BCUT2D eigenvalue weighted by Gasteiger charge is -2.27. The van der Waals surface area contributed by atoms with E-state index in [1.54, 1.807) is 6.20 Å². The molecule has 8 heteroatoms. The number of benzene rings is 1. The number of hydrogen-bond acceptors (Lipinski definition) is 3. The highest BCUT2D eigenvalue weighted by molar-refractivity contribution is 7.89. The van der Waals surface area contributed by atoms with Crippen molar-refractivity contribution in [2.45, 2.75) is 18.0 Å². The molecule has 0 unspecified atom stereocenters. The largest absolute Gasteiger partial charge is 0.333 e. The summed E-state index contributed by atoms with van der Waals surface area (Å²) in [6.07, 6.45) is 3.52. The molecule has 1 aromatic carbocycles. The highest BCUT2D eigenvalue weighted by atomic mass is 35.5. The fourth-order valence-corrected chi connectivity index (χ4v) is 3.92. The first kappa shape index (κ1) is 13.9. The van der Waals surface area contributed by atoms with Crippen LogP contribution >= 0.6 is 23.2 Å². The first-order valence-corrected chi connectivity index (χ1v) is 8.13. The molecule has 106 valence electrons. The van der Waals surface area contributed by atoms with Gasteiger partial charge in [-0.25, -0.2) is 13.4 Å². The molecule has 0 fully saturated rings. The smallest absolute Gasteiger partial charge is 0.243 e. The maximum absolute atomic E-state index is 12.6. The van der Waals surface area contributed by atoms with Crippen LogP contribution in [0.15, 0.2) is 35.5 Å². The predicted octanol–water partition coefficient (Wildman–Crippen LogP) is 2.39. The minimum atomic E-state index is -3.58. The second-order valence-electron chi connectivity index (χ2n) is 4.45. The van der Waals surface area contributed by atoms with E-state index in [9.17, 15) is 8.42 Å². The van der Waals surface area contributed by atoms with Crippen LogP contribution in [0, 0.1) is 0 Å². The lowest BCUT2D eigenvalue weighted by molar-refractivity contribution is 0.335. The summed E-state index contributed by atoms with van der Waals surface area (Å²) in [4.78, 5) is 4.30. The lowest BCUT2D eigenvalue weighted by atomic mass is 10.4. The van der Waals surface area contributed by atoms with Gasteiger partial charge in [-0.15, -0.1) is 0 Å². The topological polar surface area (TPSA) is 55.2 Å². The summed E-state index contributed by atoms with van der Waals surface area (Å²) in [5.74, 6) is 0.736. The number of halogens is 2. The Labute approximate surface area is 126 Å². The van der Waals surface area contributed by atoms with Crippen LogP contribution in [-0.2, 0) is 23.1 Å². The van der Waals surface area contributed by atoms with Crippen molar-refractivity contribution in [2.75, 3.05) is 6.54 Å². The molecule has 1 aliphatic rings. The number of hydrogen-bond donors (Lipinski definition) is 0. The fourth-order valence-electron chi connectivity index (χ4n) is 2.14. The minimum Gasteiger partial charge on any atom is -0.333 e. The summed E-state index contributed by atoms with van der Waals surface area (Å²) in [6, 6.07) is 4.33. The summed E-state index contributed by atoms with van der Waals surface area (Å²) in [5.41, 5.74) is 0. The molecule has 1 aliphatic heterocycles. The maximum Gasteiger partial charge on any atom is 0.243 e. The van der Waals surface area contributed by atoms with Crippen LogP contribution in [0.25, 0.3) is 0 Å². The average molecular weight is 332 g/mol. The molecule has 0 aliphatic carbocycles. The van der Waals surface area contributed by atoms with Crippen molar-refractivity contribution in [3.8, 4) is 0 Å². The number of fused-ring (bicyclic) bond motifs is 1.